The van der Waals surface area contributed by atoms with Crippen LogP contribution in [0.2, 0.25) is 0 Å². The number of carbonyl (C=O) groups is 3. The van der Waals surface area contributed by atoms with Gasteiger partial charge < -0.3 is 5.11 Å². The van der Waals surface area contributed by atoms with Crippen LogP contribution in [-0.2, 0) is 11.2 Å². The number of carboxylic acids is 1. The molecule has 3 aromatic rings. The Balaban J connectivity index is 1.84. The summed E-state index contributed by atoms with van der Waals surface area (Å²) in [5.41, 5.74) is 1.41. The van der Waals surface area contributed by atoms with Crippen LogP contribution in [0.4, 0.5) is 0 Å². The molecule has 2 amide bonds. The lowest BCUT2D eigenvalue weighted by Crippen LogP contribution is -2.51. The molecule has 0 bridgehead atoms. The molecule has 0 spiro atoms. The average Bonchev–Trinajstić information content (AvgIpc) is 2.67. The van der Waals surface area contributed by atoms with Gasteiger partial charge in [-0.3, -0.25) is 14.5 Å². The van der Waals surface area contributed by atoms with Gasteiger partial charge >= 0.3 is 5.97 Å². The molecule has 0 unspecified atom stereocenters. The number of hydrogen-bond donors (Lipinski definition) is 1. The Bertz CT molecular complexity index is 1070. The van der Waals surface area contributed by atoms with E-state index in [4.69, 9.17) is 0 Å². The van der Waals surface area contributed by atoms with Gasteiger partial charge in [-0.15, -0.1) is 0 Å². The lowest BCUT2D eigenvalue weighted by atomic mass is 9.92. The molecule has 1 aliphatic rings. The van der Waals surface area contributed by atoms with E-state index in [0.29, 0.717) is 16.5 Å². The number of hydrogen-bond acceptors (Lipinski definition) is 3. The second-order valence-electron chi connectivity index (χ2n) is 6.35. The van der Waals surface area contributed by atoms with Crippen LogP contribution in [0.25, 0.3) is 10.8 Å². The molecule has 0 saturated heterocycles. The third-order valence-electron chi connectivity index (χ3n) is 4.75. The third-order valence-corrected chi connectivity index (χ3v) is 5.45. The van der Waals surface area contributed by atoms with Crippen molar-refractivity contribution in [2.24, 2.45) is 0 Å². The molecule has 1 aliphatic heterocycles. The molecule has 6 heteroatoms. The van der Waals surface area contributed by atoms with Crippen LogP contribution in [0, 0.1) is 0 Å². The Morgan fingerprint density at radius 2 is 1.59 bits per heavy atom. The summed E-state index contributed by atoms with van der Waals surface area (Å²) in [6, 6.07) is 16.2. The van der Waals surface area contributed by atoms with Gasteiger partial charge in [-0.1, -0.05) is 58.4 Å². The SMILES string of the molecule is O=C(O)[C@@H](Cc1ccccc1)N1C(=O)c2cccc3c(Br)ccc(c23)C1=O. The average molecular weight is 424 g/mol. The quantitative estimate of drug-likeness (QED) is 0.645. The smallest absolute Gasteiger partial charge is 0.327 e. The van der Waals surface area contributed by atoms with Gasteiger partial charge in [0.05, 0.1) is 0 Å². The number of nitrogens with zero attached hydrogens (tertiary/aromatic N) is 1. The number of imide groups is 1. The number of aliphatic carboxylic acids is 1. The van der Waals surface area contributed by atoms with Crippen molar-refractivity contribution in [3.8, 4) is 0 Å². The number of halogens is 1. The van der Waals surface area contributed by atoms with Gasteiger partial charge in [-0.25, -0.2) is 4.79 Å². The molecule has 4 rings (SSSR count). The molecule has 3 aromatic carbocycles. The van der Waals surface area contributed by atoms with Crippen LogP contribution >= 0.6 is 15.9 Å². The zero-order valence-corrected chi connectivity index (χ0v) is 15.6. The third kappa shape index (κ3) is 2.82. The van der Waals surface area contributed by atoms with E-state index in [1.54, 1.807) is 48.5 Å². The largest absolute Gasteiger partial charge is 0.480 e. The zero-order valence-electron chi connectivity index (χ0n) is 14.1. The van der Waals surface area contributed by atoms with Crippen LogP contribution in [0.15, 0.2) is 65.1 Å². The minimum atomic E-state index is -1.28. The standard InChI is InChI=1S/C21H14BrNO4/c22-16-10-9-15-18-13(16)7-4-8-14(18)19(24)23(20(15)25)17(21(26)27)11-12-5-2-1-3-6-12/h1-10,17H,11H2,(H,26,27)/t17-/m1/s1. The van der Waals surface area contributed by atoms with E-state index in [1.165, 1.54) is 0 Å². The lowest BCUT2D eigenvalue weighted by Gasteiger charge is -2.31. The van der Waals surface area contributed by atoms with Crippen molar-refractivity contribution in [2.75, 3.05) is 0 Å². The minimum absolute atomic E-state index is 0.0511. The maximum atomic E-state index is 13.1. The van der Waals surface area contributed by atoms with Crippen molar-refractivity contribution in [3.63, 3.8) is 0 Å². The lowest BCUT2D eigenvalue weighted by molar-refractivity contribution is -0.141. The van der Waals surface area contributed by atoms with Crippen molar-refractivity contribution in [1.29, 1.82) is 0 Å². The predicted molar refractivity (Wildman–Crippen MR) is 104 cm³/mol. The number of carbonyl (C=O) groups excluding carboxylic acids is 2. The topological polar surface area (TPSA) is 74.7 Å². The van der Waals surface area contributed by atoms with Crippen molar-refractivity contribution < 1.29 is 19.5 Å². The normalized spacial score (nSPS) is 14.5. The highest BCUT2D eigenvalue weighted by Crippen LogP contribution is 2.35. The number of amides is 2. The first-order valence-corrected chi connectivity index (χ1v) is 9.14. The van der Waals surface area contributed by atoms with Gasteiger partial charge in [0.1, 0.15) is 6.04 Å². The first-order valence-electron chi connectivity index (χ1n) is 8.35. The molecular weight excluding hydrogens is 410 g/mol. The molecule has 0 aromatic heterocycles. The van der Waals surface area contributed by atoms with Gasteiger partial charge in [-0.2, -0.15) is 0 Å². The first kappa shape index (κ1) is 17.4. The molecule has 0 radical (unpaired) electrons. The predicted octanol–water partition coefficient (Wildman–Crippen LogP) is 3.89. The second-order valence-corrected chi connectivity index (χ2v) is 7.20. The minimum Gasteiger partial charge on any atom is -0.480 e. The monoisotopic (exact) mass is 423 g/mol. The fraction of sp³-hybridized carbons (Fsp3) is 0.0952. The maximum Gasteiger partial charge on any atom is 0.327 e. The fourth-order valence-electron chi connectivity index (χ4n) is 3.49. The highest BCUT2D eigenvalue weighted by molar-refractivity contribution is 9.10. The van der Waals surface area contributed by atoms with Gasteiger partial charge in [0.25, 0.3) is 11.8 Å². The Labute approximate surface area is 163 Å². The number of carboxylic acid groups (broad SMARTS) is 1. The molecule has 1 N–H and O–H groups in total. The van der Waals surface area contributed by atoms with Gasteiger partial charge in [0, 0.05) is 27.4 Å². The summed E-state index contributed by atoms with van der Waals surface area (Å²) in [6.07, 6.45) is 0.0511. The van der Waals surface area contributed by atoms with Crippen LogP contribution in [0.3, 0.4) is 0 Å². The summed E-state index contributed by atoms with van der Waals surface area (Å²) in [4.78, 5) is 39.0. The van der Waals surface area contributed by atoms with E-state index in [9.17, 15) is 19.5 Å². The van der Waals surface area contributed by atoms with Crippen molar-refractivity contribution in [3.05, 3.63) is 81.8 Å². The van der Waals surface area contributed by atoms with E-state index in [0.717, 1.165) is 20.3 Å². The van der Waals surface area contributed by atoms with Crippen molar-refractivity contribution in [2.45, 2.75) is 12.5 Å². The highest BCUT2D eigenvalue weighted by Gasteiger charge is 2.40. The van der Waals surface area contributed by atoms with Crippen molar-refractivity contribution in [1.82, 2.24) is 4.90 Å². The molecule has 0 saturated carbocycles. The molecule has 5 nitrogen and oxygen atoms in total. The Kier molecular flexibility index (Phi) is 4.28. The Morgan fingerprint density at radius 1 is 0.926 bits per heavy atom. The first-order chi connectivity index (χ1) is 13.0. The van der Waals surface area contributed by atoms with Crippen LogP contribution in [0.5, 0.6) is 0 Å². The number of benzene rings is 3. The molecular formula is C21H14BrNO4. The Morgan fingerprint density at radius 3 is 2.26 bits per heavy atom. The summed E-state index contributed by atoms with van der Waals surface area (Å²) < 4.78 is 0.774. The highest BCUT2D eigenvalue weighted by atomic mass is 79.9. The van der Waals surface area contributed by atoms with E-state index in [-0.39, 0.29) is 6.42 Å². The van der Waals surface area contributed by atoms with E-state index in [2.05, 4.69) is 15.9 Å². The van der Waals surface area contributed by atoms with Crippen LogP contribution < -0.4 is 0 Å². The van der Waals surface area contributed by atoms with E-state index >= 15 is 0 Å². The summed E-state index contributed by atoms with van der Waals surface area (Å²) in [5.74, 6) is -2.38. The Hall–Kier alpha value is -2.99. The summed E-state index contributed by atoms with van der Waals surface area (Å²) >= 11 is 3.44. The molecule has 27 heavy (non-hydrogen) atoms. The number of rotatable bonds is 4. The summed E-state index contributed by atoms with van der Waals surface area (Å²) in [6.45, 7) is 0. The van der Waals surface area contributed by atoms with Gasteiger partial charge in [-0.05, 0) is 29.1 Å². The summed E-state index contributed by atoms with van der Waals surface area (Å²) in [5, 5.41) is 11.1. The summed E-state index contributed by atoms with van der Waals surface area (Å²) in [7, 11) is 0. The molecule has 1 heterocycles. The van der Waals surface area contributed by atoms with Crippen LogP contribution in [-0.4, -0.2) is 33.8 Å². The van der Waals surface area contributed by atoms with E-state index < -0.39 is 23.8 Å². The fourth-order valence-corrected chi connectivity index (χ4v) is 3.95. The zero-order chi connectivity index (χ0) is 19.1. The molecule has 0 fully saturated rings. The van der Waals surface area contributed by atoms with Crippen LogP contribution in [0.1, 0.15) is 26.3 Å². The molecule has 134 valence electrons. The molecule has 1 atom stereocenters. The molecule has 0 aliphatic carbocycles. The van der Waals surface area contributed by atoms with Crippen molar-refractivity contribution >= 4 is 44.5 Å². The van der Waals surface area contributed by atoms with E-state index in [1.807, 2.05) is 12.1 Å². The van der Waals surface area contributed by atoms with Gasteiger partial charge in [0.2, 0.25) is 0 Å². The second kappa shape index (κ2) is 6.63. The van der Waals surface area contributed by atoms with Gasteiger partial charge in [0.15, 0.2) is 0 Å². The maximum absolute atomic E-state index is 13.1.